The molecule has 0 unspecified atom stereocenters. The number of carbonyl (C=O) groups is 1. The Balaban J connectivity index is 2.03. The van der Waals surface area contributed by atoms with Crippen molar-refractivity contribution in [2.24, 2.45) is 0 Å². The van der Waals surface area contributed by atoms with Crippen molar-refractivity contribution in [2.45, 2.75) is 6.92 Å². The Morgan fingerprint density at radius 3 is 2.52 bits per heavy atom. The molecule has 0 radical (unpaired) electrons. The molecule has 23 heavy (non-hydrogen) atoms. The van der Waals surface area contributed by atoms with Crippen LogP contribution in [0.25, 0.3) is 23.1 Å². The molecule has 3 aromatic rings. The lowest BCUT2D eigenvalue weighted by molar-refractivity contribution is 0.101. The second kappa shape index (κ2) is 6.42. The smallest absolute Gasteiger partial charge is 0.164 e. The number of rotatable bonds is 4. The normalized spacial score (nSPS) is 11.3. The first kappa shape index (κ1) is 15.6. The van der Waals surface area contributed by atoms with Gasteiger partial charge >= 0.3 is 0 Å². The van der Waals surface area contributed by atoms with Gasteiger partial charge in [0.05, 0.1) is 12.7 Å². The molecule has 0 bridgehead atoms. The highest BCUT2D eigenvalue weighted by atomic mass is 79.9. The molecule has 1 aromatic heterocycles. The minimum absolute atomic E-state index is 0.0174. The molecule has 0 spiro atoms. The summed E-state index contributed by atoms with van der Waals surface area (Å²) < 4.78 is 11.9. The standard InChI is InChI=1S/C19H15BrO3/c1-12(21)19-16-11-14(20)6-10-17(16)23-18(19)9-5-13-3-7-15(22-2)8-4-13/h3-11H,1-2H3. The van der Waals surface area contributed by atoms with Crippen LogP contribution in [0.4, 0.5) is 0 Å². The van der Waals surface area contributed by atoms with Gasteiger partial charge in [-0.1, -0.05) is 34.1 Å². The van der Waals surface area contributed by atoms with Gasteiger partial charge in [-0.3, -0.25) is 4.79 Å². The lowest BCUT2D eigenvalue weighted by Crippen LogP contribution is -1.92. The van der Waals surface area contributed by atoms with Crippen molar-refractivity contribution in [3.8, 4) is 5.75 Å². The average Bonchev–Trinajstić information content (AvgIpc) is 2.91. The average molecular weight is 371 g/mol. The molecule has 0 aliphatic carbocycles. The topological polar surface area (TPSA) is 39.4 Å². The molecule has 0 N–H and O–H groups in total. The quantitative estimate of drug-likeness (QED) is 0.563. The molecule has 0 saturated carbocycles. The van der Waals surface area contributed by atoms with Crippen LogP contribution < -0.4 is 4.74 Å². The molecule has 0 amide bonds. The predicted molar refractivity (Wildman–Crippen MR) is 95.8 cm³/mol. The monoisotopic (exact) mass is 370 g/mol. The Morgan fingerprint density at radius 1 is 1.13 bits per heavy atom. The number of hydrogen-bond acceptors (Lipinski definition) is 3. The molecular weight excluding hydrogens is 356 g/mol. The molecule has 0 fully saturated rings. The van der Waals surface area contributed by atoms with Crippen LogP contribution in [0.5, 0.6) is 5.75 Å². The summed E-state index contributed by atoms with van der Waals surface area (Å²) in [7, 11) is 1.64. The molecule has 0 saturated heterocycles. The van der Waals surface area contributed by atoms with Gasteiger partial charge in [0, 0.05) is 9.86 Å². The highest BCUT2D eigenvalue weighted by Crippen LogP contribution is 2.30. The first-order chi connectivity index (χ1) is 11.1. The molecule has 0 atom stereocenters. The lowest BCUT2D eigenvalue weighted by atomic mass is 10.1. The molecule has 3 nitrogen and oxygen atoms in total. The summed E-state index contributed by atoms with van der Waals surface area (Å²) in [6.45, 7) is 1.55. The molecule has 3 rings (SSSR count). The minimum atomic E-state index is -0.0174. The molecule has 2 aromatic carbocycles. The van der Waals surface area contributed by atoms with E-state index in [0.29, 0.717) is 16.9 Å². The Hall–Kier alpha value is -2.33. The number of fused-ring (bicyclic) bond motifs is 1. The fraction of sp³-hybridized carbons (Fsp3) is 0.105. The highest BCUT2D eigenvalue weighted by molar-refractivity contribution is 9.10. The Bertz CT molecular complexity index is 889. The second-order valence-electron chi connectivity index (χ2n) is 5.14. The van der Waals surface area contributed by atoms with E-state index in [0.717, 1.165) is 21.2 Å². The number of ether oxygens (including phenoxy) is 1. The van der Waals surface area contributed by atoms with Gasteiger partial charge in [-0.05, 0) is 48.9 Å². The summed E-state index contributed by atoms with van der Waals surface area (Å²) in [6.07, 6.45) is 3.74. The zero-order valence-corrected chi connectivity index (χ0v) is 14.4. The maximum atomic E-state index is 12.0. The van der Waals surface area contributed by atoms with Crippen LogP contribution in [-0.2, 0) is 0 Å². The van der Waals surface area contributed by atoms with Crippen LogP contribution in [0.2, 0.25) is 0 Å². The summed E-state index contributed by atoms with van der Waals surface area (Å²) in [4.78, 5) is 12.0. The molecular formula is C19H15BrO3. The summed E-state index contributed by atoms with van der Waals surface area (Å²) in [5, 5.41) is 0.821. The number of Topliss-reactive ketones (excluding diaryl/α,β-unsaturated/α-hetero) is 1. The lowest BCUT2D eigenvalue weighted by Gasteiger charge is -1.99. The van der Waals surface area contributed by atoms with Crippen molar-refractivity contribution in [2.75, 3.05) is 7.11 Å². The van der Waals surface area contributed by atoms with Crippen molar-refractivity contribution in [1.82, 2.24) is 0 Å². The molecule has 116 valence electrons. The Labute approximate surface area is 142 Å². The number of furan rings is 1. The molecule has 0 aliphatic rings. The minimum Gasteiger partial charge on any atom is -0.497 e. The van der Waals surface area contributed by atoms with E-state index in [-0.39, 0.29) is 5.78 Å². The van der Waals surface area contributed by atoms with Gasteiger partial charge in [0.15, 0.2) is 5.78 Å². The van der Waals surface area contributed by atoms with Crippen molar-refractivity contribution in [3.63, 3.8) is 0 Å². The maximum Gasteiger partial charge on any atom is 0.164 e. The van der Waals surface area contributed by atoms with Crippen LogP contribution >= 0.6 is 15.9 Å². The predicted octanol–water partition coefficient (Wildman–Crippen LogP) is 5.58. The van der Waals surface area contributed by atoms with Gasteiger partial charge in [-0.15, -0.1) is 0 Å². The Morgan fingerprint density at radius 2 is 1.87 bits per heavy atom. The van der Waals surface area contributed by atoms with E-state index in [1.165, 1.54) is 0 Å². The summed E-state index contributed by atoms with van der Waals surface area (Å²) in [6, 6.07) is 13.3. The van der Waals surface area contributed by atoms with Crippen molar-refractivity contribution in [3.05, 3.63) is 63.8 Å². The van der Waals surface area contributed by atoms with E-state index in [1.54, 1.807) is 14.0 Å². The van der Waals surface area contributed by atoms with Crippen molar-refractivity contribution < 1.29 is 13.9 Å². The first-order valence-electron chi connectivity index (χ1n) is 7.13. The van der Waals surface area contributed by atoms with E-state index < -0.39 is 0 Å². The van der Waals surface area contributed by atoms with Gasteiger partial charge in [0.2, 0.25) is 0 Å². The number of halogens is 1. The third kappa shape index (κ3) is 3.22. The third-order valence-corrected chi connectivity index (χ3v) is 4.07. The van der Waals surface area contributed by atoms with Gasteiger partial charge in [-0.25, -0.2) is 0 Å². The fourth-order valence-electron chi connectivity index (χ4n) is 2.46. The summed E-state index contributed by atoms with van der Waals surface area (Å²) in [5.41, 5.74) is 2.31. The van der Waals surface area contributed by atoms with Crippen LogP contribution in [0, 0.1) is 0 Å². The van der Waals surface area contributed by atoms with Gasteiger partial charge < -0.3 is 9.15 Å². The van der Waals surface area contributed by atoms with E-state index in [9.17, 15) is 4.79 Å². The van der Waals surface area contributed by atoms with E-state index in [1.807, 2.05) is 54.6 Å². The van der Waals surface area contributed by atoms with Crippen molar-refractivity contribution >= 4 is 44.8 Å². The first-order valence-corrected chi connectivity index (χ1v) is 7.93. The number of carbonyl (C=O) groups excluding carboxylic acids is 1. The van der Waals surface area contributed by atoms with Crippen LogP contribution in [0.3, 0.4) is 0 Å². The van der Waals surface area contributed by atoms with Gasteiger partial charge in [0.25, 0.3) is 0 Å². The third-order valence-electron chi connectivity index (χ3n) is 3.57. The van der Waals surface area contributed by atoms with Crippen LogP contribution in [-0.4, -0.2) is 12.9 Å². The van der Waals surface area contributed by atoms with Crippen LogP contribution in [0.1, 0.15) is 28.6 Å². The molecule has 0 aliphatic heterocycles. The number of ketones is 1. The summed E-state index contributed by atoms with van der Waals surface area (Å²) in [5.74, 6) is 1.36. The van der Waals surface area contributed by atoms with Crippen molar-refractivity contribution in [1.29, 1.82) is 0 Å². The fourth-order valence-corrected chi connectivity index (χ4v) is 2.82. The van der Waals surface area contributed by atoms with E-state index in [4.69, 9.17) is 9.15 Å². The number of benzene rings is 2. The van der Waals surface area contributed by atoms with E-state index >= 15 is 0 Å². The second-order valence-corrected chi connectivity index (χ2v) is 6.06. The Kier molecular flexibility index (Phi) is 4.35. The number of methoxy groups -OCH3 is 1. The molecule has 4 heteroatoms. The SMILES string of the molecule is COc1ccc(C=Cc2oc3ccc(Br)cc3c2C(C)=O)cc1. The van der Waals surface area contributed by atoms with Crippen LogP contribution in [0.15, 0.2) is 51.4 Å². The zero-order chi connectivity index (χ0) is 16.4. The van der Waals surface area contributed by atoms with Gasteiger partial charge in [0.1, 0.15) is 17.1 Å². The van der Waals surface area contributed by atoms with E-state index in [2.05, 4.69) is 15.9 Å². The van der Waals surface area contributed by atoms with Gasteiger partial charge in [-0.2, -0.15) is 0 Å². The number of hydrogen-bond donors (Lipinski definition) is 0. The highest BCUT2D eigenvalue weighted by Gasteiger charge is 2.16. The zero-order valence-electron chi connectivity index (χ0n) is 12.8. The maximum absolute atomic E-state index is 12.0. The largest absolute Gasteiger partial charge is 0.497 e. The summed E-state index contributed by atoms with van der Waals surface area (Å²) >= 11 is 3.43. The molecule has 1 heterocycles.